The van der Waals surface area contributed by atoms with Gasteiger partial charge >= 0.3 is 0 Å². The molecule has 0 heterocycles. The molecule has 0 radical (unpaired) electrons. The van der Waals surface area contributed by atoms with E-state index in [9.17, 15) is 0 Å². The van der Waals surface area contributed by atoms with Gasteiger partial charge in [0, 0.05) is 0 Å². The van der Waals surface area contributed by atoms with Crippen LogP contribution in [0.4, 0.5) is 0 Å². The highest BCUT2D eigenvalue weighted by Crippen LogP contribution is 2.15. The summed E-state index contributed by atoms with van der Waals surface area (Å²) in [6, 6.07) is 9.92. The van der Waals surface area contributed by atoms with Crippen molar-refractivity contribution in [2.75, 3.05) is 13.2 Å². The Morgan fingerprint density at radius 3 is 2.18 bits per heavy atom. The molecule has 1 aromatic rings. The van der Waals surface area contributed by atoms with Crippen LogP contribution in [-0.4, -0.2) is 25.4 Å². The fourth-order valence-electron chi connectivity index (χ4n) is 1.57. The molecule has 0 bridgehead atoms. The minimum Gasteiger partial charge on any atom is -0.376 e. The molecule has 1 rings (SSSR count). The zero-order valence-corrected chi connectivity index (χ0v) is 10.9. The van der Waals surface area contributed by atoms with Gasteiger partial charge in [0.05, 0.1) is 31.5 Å². The van der Waals surface area contributed by atoms with Gasteiger partial charge in [0.2, 0.25) is 0 Å². The first-order chi connectivity index (χ1) is 8.11. The van der Waals surface area contributed by atoms with Gasteiger partial charge in [0.15, 0.2) is 0 Å². The number of rotatable bonds is 7. The Hall–Kier alpha value is -0.900. The summed E-state index contributed by atoms with van der Waals surface area (Å²) in [4.78, 5) is 0. The zero-order valence-electron chi connectivity index (χ0n) is 10.9. The van der Waals surface area contributed by atoms with Crippen LogP contribution in [0.15, 0.2) is 30.3 Å². The van der Waals surface area contributed by atoms with Crippen molar-refractivity contribution in [2.24, 2.45) is 5.73 Å². The predicted molar refractivity (Wildman–Crippen MR) is 69.9 cm³/mol. The first-order valence-corrected chi connectivity index (χ1v) is 6.15. The summed E-state index contributed by atoms with van der Waals surface area (Å²) in [7, 11) is 0. The molecule has 96 valence electrons. The normalized spacial score (nSPS) is 14.9. The molecule has 2 unspecified atom stereocenters. The largest absolute Gasteiger partial charge is 0.376 e. The number of ether oxygens (including phenoxy) is 2. The average molecular weight is 237 g/mol. The Morgan fingerprint density at radius 2 is 1.59 bits per heavy atom. The van der Waals surface area contributed by atoms with Crippen LogP contribution in [0.2, 0.25) is 0 Å². The lowest BCUT2D eigenvalue weighted by molar-refractivity contribution is -0.0145. The highest BCUT2D eigenvalue weighted by molar-refractivity contribution is 5.19. The van der Waals surface area contributed by atoms with Gasteiger partial charge in [-0.1, -0.05) is 30.3 Å². The molecule has 0 saturated heterocycles. The van der Waals surface area contributed by atoms with Crippen molar-refractivity contribution >= 4 is 0 Å². The lowest BCUT2D eigenvalue weighted by atomic mass is 10.0. The highest BCUT2D eigenvalue weighted by atomic mass is 16.5. The van der Waals surface area contributed by atoms with E-state index in [-0.39, 0.29) is 18.2 Å². The lowest BCUT2D eigenvalue weighted by Gasteiger charge is -2.21. The Morgan fingerprint density at radius 1 is 1.00 bits per heavy atom. The van der Waals surface area contributed by atoms with Gasteiger partial charge < -0.3 is 15.2 Å². The van der Waals surface area contributed by atoms with Gasteiger partial charge in [-0.25, -0.2) is 0 Å². The van der Waals surface area contributed by atoms with Gasteiger partial charge in [-0.3, -0.25) is 0 Å². The monoisotopic (exact) mass is 237 g/mol. The van der Waals surface area contributed by atoms with Gasteiger partial charge in [0.25, 0.3) is 0 Å². The summed E-state index contributed by atoms with van der Waals surface area (Å²) >= 11 is 0. The SMILES string of the molecule is CC(C)OCCOC(C)C(N)c1ccccc1. The van der Waals surface area contributed by atoms with E-state index in [1.54, 1.807) is 0 Å². The molecule has 0 fully saturated rings. The topological polar surface area (TPSA) is 44.5 Å². The summed E-state index contributed by atoms with van der Waals surface area (Å²) in [5, 5.41) is 0. The van der Waals surface area contributed by atoms with Crippen molar-refractivity contribution in [2.45, 2.75) is 39.0 Å². The minimum absolute atomic E-state index is 0.00633. The molecule has 2 N–H and O–H groups in total. The van der Waals surface area contributed by atoms with Crippen molar-refractivity contribution < 1.29 is 9.47 Å². The van der Waals surface area contributed by atoms with Gasteiger partial charge in [-0.15, -0.1) is 0 Å². The molecule has 0 aromatic heterocycles. The van der Waals surface area contributed by atoms with Gasteiger partial charge in [-0.05, 0) is 26.3 Å². The van der Waals surface area contributed by atoms with E-state index >= 15 is 0 Å². The Labute approximate surface area is 104 Å². The van der Waals surface area contributed by atoms with Crippen LogP contribution in [0.25, 0.3) is 0 Å². The summed E-state index contributed by atoms with van der Waals surface area (Å²) in [5.74, 6) is 0. The second-order valence-electron chi connectivity index (χ2n) is 4.43. The molecular formula is C14H23NO2. The molecule has 0 spiro atoms. The van der Waals surface area contributed by atoms with Gasteiger partial charge in [0.1, 0.15) is 0 Å². The van der Waals surface area contributed by atoms with E-state index < -0.39 is 0 Å². The predicted octanol–water partition coefficient (Wildman–Crippen LogP) is 2.52. The molecule has 0 aliphatic heterocycles. The fourth-order valence-corrected chi connectivity index (χ4v) is 1.57. The second-order valence-corrected chi connectivity index (χ2v) is 4.43. The van der Waals surface area contributed by atoms with Crippen LogP contribution in [0.5, 0.6) is 0 Å². The summed E-state index contributed by atoms with van der Waals surface area (Å²) < 4.78 is 11.1. The van der Waals surface area contributed by atoms with Crippen molar-refractivity contribution in [1.29, 1.82) is 0 Å². The lowest BCUT2D eigenvalue weighted by Crippen LogP contribution is -2.27. The van der Waals surface area contributed by atoms with Crippen LogP contribution < -0.4 is 5.73 Å². The fraction of sp³-hybridized carbons (Fsp3) is 0.571. The average Bonchev–Trinajstić information content (AvgIpc) is 2.34. The van der Waals surface area contributed by atoms with Crippen LogP contribution in [0.3, 0.4) is 0 Å². The highest BCUT2D eigenvalue weighted by Gasteiger charge is 2.14. The summed E-state index contributed by atoms with van der Waals surface area (Å²) in [6.07, 6.45) is 0.241. The third-order valence-electron chi connectivity index (χ3n) is 2.61. The molecule has 3 heteroatoms. The molecule has 0 aliphatic rings. The number of benzene rings is 1. The van der Waals surface area contributed by atoms with E-state index in [0.717, 1.165) is 5.56 Å². The molecule has 0 amide bonds. The van der Waals surface area contributed by atoms with E-state index in [2.05, 4.69) is 0 Å². The second kappa shape index (κ2) is 7.43. The molecule has 0 aliphatic carbocycles. The molecular weight excluding hydrogens is 214 g/mol. The summed E-state index contributed by atoms with van der Waals surface area (Å²) in [5.41, 5.74) is 7.22. The van der Waals surface area contributed by atoms with E-state index in [4.69, 9.17) is 15.2 Å². The molecule has 0 saturated carbocycles. The van der Waals surface area contributed by atoms with Crippen LogP contribution in [-0.2, 0) is 9.47 Å². The van der Waals surface area contributed by atoms with Crippen molar-refractivity contribution in [3.05, 3.63) is 35.9 Å². The third kappa shape index (κ3) is 5.31. The van der Waals surface area contributed by atoms with Crippen LogP contribution in [0.1, 0.15) is 32.4 Å². The number of nitrogens with two attached hydrogens (primary N) is 1. The van der Waals surface area contributed by atoms with Crippen molar-refractivity contribution in [3.63, 3.8) is 0 Å². The molecule has 17 heavy (non-hydrogen) atoms. The first-order valence-electron chi connectivity index (χ1n) is 6.15. The third-order valence-corrected chi connectivity index (χ3v) is 2.61. The van der Waals surface area contributed by atoms with Crippen molar-refractivity contribution in [3.8, 4) is 0 Å². The zero-order chi connectivity index (χ0) is 12.7. The molecule has 2 atom stereocenters. The Bertz CT molecular complexity index is 300. The maximum absolute atomic E-state index is 6.11. The molecule has 1 aromatic carbocycles. The van der Waals surface area contributed by atoms with E-state index in [0.29, 0.717) is 13.2 Å². The number of hydrogen-bond donors (Lipinski definition) is 1. The quantitative estimate of drug-likeness (QED) is 0.741. The maximum atomic E-state index is 6.11. The van der Waals surface area contributed by atoms with Crippen molar-refractivity contribution in [1.82, 2.24) is 0 Å². The molecule has 3 nitrogen and oxygen atoms in total. The smallest absolute Gasteiger partial charge is 0.0740 e. The minimum atomic E-state index is -0.0877. The number of hydrogen-bond acceptors (Lipinski definition) is 3. The Balaban J connectivity index is 2.30. The van der Waals surface area contributed by atoms with E-state index in [1.165, 1.54) is 0 Å². The maximum Gasteiger partial charge on any atom is 0.0740 e. The Kier molecular flexibility index (Phi) is 6.19. The van der Waals surface area contributed by atoms with Gasteiger partial charge in [-0.2, -0.15) is 0 Å². The van der Waals surface area contributed by atoms with Crippen LogP contribution >= 0.6 is 0 Å². The summed E-state index contributed by atoms with van der Waals surface area (Å²) in [6.45, 7) is 7.22. The van der Waals surface area contributed by atoms with E-state index in [1.807, 2.05) is 51.1 Å². The van der Waals surface area contributed by atoms with Crippen LogP contribution in [0, 0.1) is 0 Å². The first kappa shape index (κ1) is 14.2. The standard InChI is InChI=1S/C14H23NO2/c1-11(2)16-9-10-17-12(3)14(15)13-7-5-4-6-8-13/h4-8,11-12,14H,9-10,15H2,1-3H3.